The minimum absolute atomic E-state index is 0.241. The average molecular weight is 1450 g/mol. The molecule has 17 unspecified atom stereocenters. The van der Waals surface area contributed by atoms with Crippen molar-refractivity contribution in [3.63, 3.8) is 0 Å². The quantitative estimate of drug-likeness (QED) is 0.0199. The lowest BCUT2D eigenvalue weighted by atomic mass is 9.96. The van der Waals surface area contributed by atoms with Gasteiger partial charge in [-0.15, -0.1) is 0 Å². The van der Waals surface area contributed by atoms with E-state index in [9.17, 15) is 61.0 Å². The lowest BCUT2D eigenvalue weighted by Gasteiger charge is -2.48. The van der Waals surface area contributed by atoms with Gasteiger partial charge in [-0.25, -0.2) is 0 Å². The Hall–Kier alpha value is -3.03. The first-order chi connectivity index (χ1) is 49.8. The third kappa shape index (κ3) is 42.5. The molecule has 0 bridgehead atoms. The van der Waals surface area contributed by atoms with E-state index in [0.29, 0.717) is 6.42 Å². The Bertz CT molecular complexity index is 2170. The number of allylic oxidation sites excluding steroid dienone is 13. The fourth-order valence-corrected chi connectivity index (χ4v) is 13.4. The van der Waals surface area contributed by atoms with Crippen LogP contribution in [-0.2, 0) is 33.2 Å². The van der Waals surface area contributed by atoms with E-state index < -0.39 is 124 Å². The molecule has 1 amide bonds. The first kappa shape index (κ1) is 93.2. The molecule has 17 atom stereocenters. The standard InChI is InChI=1S/C83H147NO18/c1-3-5-7-9-11-13-15-17-19-21-23-25-27-28-29-30-31-32-33-34-35-36-37-38-39-41-43-45-47-49-51-53-55-57-59-61-71(89)84-66(67(88)60-58-56-54-52-50-48-46-44-42-40-26-24-22-20-18-16-14-12-10-8-6-4-2)65-97-81-77(95)74(92)79(69(63-86)99-81)102-83-78(96)75(93)80(70(64-87)100-83)101-82-76(94)73(91)72(90)68(62-85)98-82/h5,7,11,13,17,19,23,25,28-29,31-32,58,60,66-70,72-83,85-88,90-96H,3-4,6,8-10,12,14-16,18,20-22,24,26-27,30,33-57,59,61-65H2,1-2H3,(H,84,89)/b7-5-,13-11-,19-17-,25-23-,29-28-,32-31-,60-58+. The number of amides is 1. The number of carbonyl (C=O) groups is 1. The highest BCUT2D eigenvalue weighted by atomic mass is 16.8. The lowest BCUT2D eigenvalue weighted by Crippen LogP contribution is -2.66. The highest BCUT2D eigenvalue weighted by molar-refractivity contribution is 5.76. The molecule has 0 radical (unpaired) electrons. The van der Waals surface area contributed by atoms with Gasteiger partial charge >= 0.3 is 0 Å². The first-order valence-corrected chi connectivity index (χ1v) is 40.8. The molecule has 0 aliphatic carbocycles. The Kier molecular flexibility index (Phi) is 57.5. The summed E-state index contributed by atoms with van der Waals surface area (Å²) in [4.78, 5) is 13.5. The van der Waals surface area contributed by atoms with Gasteiger partial charge in [-0.3, -0.25) is 4.79 Å². The largest absolute Gasteiger partial charge is 0.394 e. The second-order valence-corrected chi connectivity index (χ2v) is 28.9. The first-order valence-electron chi connectivity index (χ1n) is 40.8. The van der Waals surface area contributed by atoms with Crippen LogP contribution in [0.1, 0.15) is 303 Å². The van der Waals surface area contributed by atoms with Gasteiger partial charge in [-0.05, 0) is 70.6 Å². The van der Waals surface area contributed by atoms with Gasteiger partial charge in [0.2, 0.25) is 5.91 Å². The zero-order valence-corrected chi connectivity index (χ0v) is 63.3. The molecule has 0 aromatic rings. The van der Waals surface area contributed by atoms with Crippen LogP contribution in [-0.4, -0.2) is 193 Å². The molecule has 102 heavy (non-hydrogen) atoms. The van der Waals surface area contributed by atoms with E-state index >= 15 is 0 Å². The summed E-state index contributed by atoms with van der Waals surface area (Å²) in [5.41, 5.74) is 0. The van der Waals surface area contributed by atoms with Crippen LogP contribution in [0.15, 0.2) is 85.1 Å². The van der Waals surface area contributed by atoms with Gasteiger partial charge in [0, 0.05) is 6.42 Å². The Morgan fingerprint density at radius 3 is 1.06 bits per heavy atom. The van der Waals surface area contributed by atoms with E-state index in [4.69, 9.17) is 28.4 Å². The van der Waals surface area contributed by atoms with Gasteiger partial charge in [-0.2, -0.15) is 0 Å². The van der Waals surface area contributed by atoms with Crippen molar-refractivity contribution < 1.29 is 89.4 Å². The van der Waals surface area contributed by atoms with Gasteiger partial charge in [0.05, 0.1) is 38.6 Å². The number of aliphatic hydroxyl groups is 11. The van der Waals surface area contributed by atoms with Crippen LogP contribution in [0, 0.1) is 0 Å². The molecule has 0 aromatic carbocycles. The van der Waals surface area contributed by atoms with Crippen molar-refractivity contribution in [2.45, 2.75) is 407 Å². The Labute approximate surface area is 616 Å². The molecule has 12 N–H and O–H groups in total. The number of hydrogen-bond acceptors (Lipinski definition) is 18. The zero-order chi connectivity index (χ0) is 73.9. The minimum Gasteiger partial charge on any atom is -0.394 e. The van der Waals surface area contributed by atoms with Crippen molar-refractivity contribution in [1.82, 2.24) is 5.32 Å². The van der Waals surface area contributed by atoms with Gasteiger partial charge in [0.25, 0.3) is 0 Å². The van der Waals surface area contributed by atoms with Crippen molar-refractivity contribution in [3.8, 4) is 0 Å². The van der Waals surface area contributed by atoms with Crippen molar-refractivity contribution >= 4 is 5.91 Å². The van der Waals surface area contributed by atoms with Crippen LogP contribution < -0.4 is 5.32 Å². The van der Waals surface area contributed by atoms with Crippen LogP contribution in [0.4, 0.5) is 0 Å². The fourth-order valence-electron chi connectivity index (χ4n) is 13.4. The average Bonchev–Trinajstić information content (AvgIpc) is 0.781. The molecular formula is C83H147NO18. The molecular weight excluding hydrogens is 1300 g/mol. The Morgan fingerprint density at radius 2 is 0.676 bits per heavy atom. The fraction of sp³-hybridized carbons (Fsp3) is 0.819. The van der Waals surface area contributed by atoms with Crippen molar-refractivity contribution in [3.05, 3.63) is 85.1 Å². The summed E-state index contributed by atoms with van der Waals surface area (Å²) in [6.45, 7) is 1.65. The molecule has 0 spiro atoms. The molecule has 3 saturated heterocycles. The maximum absolute atomic E-state index is 13.5. The van der Waals surface area contributed by atoms with Crippen molar-refractivity contribution in [2.75, 3.05) is 26.4 Å². The molecule has 592 valence electrons. The Balaban J connectivity index is 1.35. The predicted molar refractivity (Wildman–Crippen MR) is 406 cm³/mol. The number of aliphatic hydroxyl groups excluding tert-OH is 11. The van der Waals surface area contributed by atoms with Crippen LogP contribution in [0.3, 0.4) is 0 Å². The summed E-state index contributed by atoms with van der Waals surface area (Å²) >= 11 is 0. The lowest BCUT2D eigenvalue weighted by molar-refractivity contribution is -0.379. The molecule has 3 aliphatic heterocycles. The predicted octanol–water partition coefficient (Wildman–Crippen LogP) is 13.8. The molecule has 0 saturated carbocycles. The smallest absolute Gasteiger partial charge is 0.220 e. The van der Waals surface area contributed by atoms with Gasteiger partial charge in [-0.1, -0.05) is 311 Å². The second-order valence-electron chi connectivity index (χ2n) is 28.9. The highest BCUT2D eigenvalue weighted by Crippen LogP contribution is 2.33. The topological polar surface area (TPSA) is 307 Å². The van der Waals surface area contributed by atoms with Crippen LogP contribution in [0.25, 0.3) is 0 Å². The molecule has 3 rings (SSSR count). The monoisotopic (exact) mass is 1450 g/mol. The Morgan fingerprint density at radius 1 is 0.363 bits per heavy atom. The summed E-state index contributed by atoms with van der Waals surface area (Å²) in [6, 6.07) is -0.978. The minimum atomic E-state index is -1.98. The molecule has 19 heteroatoms. The van der Waals surface area contributed by atoms with Gasteiger partial charge < -0.3 is 89.9 Å². The highest BCUT2D eigenvalue weighted by Gasteiger charge is 2.54. The molecule has 19 nitrogen and oxygen atoms in total. The molecule has 3 aliphatic rings. The van der Waals surface area contributed by atoms with E-state index in [1.54, 1.807) is 6.08 Å². The molecule has 3 fully saturated rings. The number of unbranched alkanes of at least 4 members (excludes halogenated alkanes) is 36. The maximum atomic E-state index is 13.5. The number of hydrogen-bond donors (Lipinski definition) is 12. The summed E-state index contributed by atoms with van der Waals surface area (Å²) in [5, 5.41) is 121. The zero-order valence-electron chi connectivity index (χ0n) is 63.3. The van der Waals surface area contributed by atoms with Crippen LogP contribution in [0.2, 0.25) is 0 Å². The van der Waals surface area contributed by atoms with E-state index in [-0.39, 0.29) is 18.9 Å². The third-order valence-electron chi connectivity index (χ3n) is 19.9. The van der Waals surface area contributed by atoms with Crippen molar-refractivity contribution in [1.29, 1.82) is 0 Å². The van der Waals surface area contributed by atoms with E-state index in [0.717, 1.165) is 83.5 Å². The van der Waals surface area contributed by atoms with Crippen molar-refractivity contribution in [2.24, 2.45) is 0 Å². The van der Waals surface area contributed by atoms with E-state index in [1.165, 1.54) is 193 Å². The maximum Gasteiger partial charge on any atom is 0.220 e. The van der Waals surface area contributed by atoms with Crippen LogP contribution in [0.5, 0.6) is 0 Å². The van der Waals surface area contributed by atoms with E-state index in [2.05, 4.69) is 92.1 Å². The molecule has 3 heterocycles. The van der Waals surface area contributed by atoms with E-state index in [1.807, 2.05) is 6.08 Å². The normalized spacial score (nSPS) is 26.6. The van der Waals surface area contributed by atoms with Gasteiger partial charge in [0.1, 0.15) is 73.2 Å². The number of nitrogens with one attached hydrogen (secondary N) is 1. The number of rotatable bonds is 64. The van der Waals surface area contributed by atoms with Gasteiger partial charge in [0.15, 0.2) is 18.9 Å². The number of ether oxygens (including phenoxy) is 6. The van der Waals surface area contributed by atoms with Crippen LogP contribution >= 0.6 is 0 Å². The summed E-state index contributed by atoms with van der Waals surface area (Å²) in [6.07, 6.45) is 57.0. The third-order valence-corrected chi connectivity index (χ3v) is 19.9. The second kappa shape index (κ2) is 63.0. The SMILES string of the molecule is CC/C=C\C/C=C\C/C=C\C/C=C\C/C=C\C/C=C\CCCCCCCCCCCCCCCCCCC(=O)NC(COC1OC(CO)C(OC2OC(CO)C(OC3OC(CO)C(O)C(O)C3O)C(O)C2O)C(O)C1O)C(O)/C=C/CCCCCCCCCCCCCCCCCCCCCC. The molecule has 0 aromatic heterocycles. The summed E-state index contributed by atoms with van der Waals surface area (Å²) < 4.78 is 34.5. The summed E-state index contributed by atoms with van der Waals surface area (Å²) in [7, 11) is 0. The number of carbonyl (C=O) groups excluding carboxylic acids is 1. The summed E-state index contributed by atoms with van der Waals surface area (Å²) in [5.74, 6) is -0.274.